The first-order valence-corrected chi connectivity index (χ1v) is 11.4. The van der Waals surface area contributed by atoms with E-state index in [-0.39, 0.29) is 0 Å². The van der Waals surface area contributed by atoms with E-state index in [0.717, 1.165) is 36.7 Å². The van der Waals surface area contributed by atoms with Crippen LogP contribution >= 0.6 is 0 Å². The average molecular weight is 381 g/mol. The smallest absolute Gasteiger partial charge is 0.229 e. The maximum Gasteiger partial charge on any atom is 0.229 e. The van der Waals surface area contributed by atoms with Crippen molar-refractivity contribution in [2.75, 3.05) is 24.6 Å². The Morgan fingerprint density at radius 2 is 1.88 bits per heavy atom. The average Bonchev–Trinajstić information content (AvgIpc) is 3.10. The van der Waals surface area contributed by atoms with Gasteiger partial charge in [0, 0.05) is 20.1 Å². The topological polar surface area (TPSA) is 82.6 Å². The molecule has 3 N–H and O–H groups in total. The highest BCUT2D eigenvalue weighted by atomic mass is 32.2. The van der Waals surface area contributed by atoms with Gasteiger partial charge >= 0.3 is 0 Å². The molecule has 26 heavy (non-hydrogen) atoms. The fourth-order valence-electron chi connectivity index (χ4n) is 3.44. The molecule has 0 spiro atoms. The van der Waals surface area contributed by atoms with E-state index in [4.69, 9.17) is 0 Å². The summed E-state index contributed by atoms with van der Waals surface area (Å²) in [6.45, 7) is 1.40. The fourth-order valence-corrected chi connectivity index (χ4v) is 4.04. The molecule has 0 saturated heterocycles. The second-order valence-electron chi connectivity index (χ2n) is 7.03. The van der Waals surface area contributed by atoms with Gasteiger partial charge in [-0.3, -0.25) is 9.71 Å². The lowest BCUT2D eigenvalue weighted by atomic mass is 10.0. The third kappa shape index (κ3) is 7.64. The number of anilines is 1. The van der Waals surface area contributed by atoms with Gasteiger partial charge in [0.25, 0.3) is 0 Å². The molecule has 1 fully saturated rings. The summed E-state index contributed by atoms with van der Waals surface area (Å²) in [5.41, 5.74) is 1.47. The van der Waals surface area contributed by atoms with Gasteiger partial charge in [0.05, 0.1) is 11.9 Å². The van der Waals surface area contributed by atoms with E-state index in [0.29, 0.717) is 12.2 Å². The SMILES string of the molecule is CN=C(NCCCCC1CCCC1)NCc1ccccc1NS(C)(=O)=O. The zero-order valence-corrected chi connectivity index (χ0v) is 16.7. The van der Waals surface area contributed by atoms with Crippen molar-refractivity contribution in [3.63, 3.8) is 0 Å². The standard InChI is InChI=1S/C19H32N4O2S/c1-20-19(21-14-8-7-11-16-9-3-4-10-16)22-15-17-12-5-6-13-18(17)23-26(2,24)25/h5-6,12-13,16,23H,3-4,7-11,14-15H2,1-2H3,(H2,20,21,22). The molecule has 146 valence electrons. The number of hydrogen-bond donors (Lipinski definition) is 3. The minimum Gasteiger partial charge on any atom is -0.356 e. The van der Waals surface area contributed by atoms with E-state index in [9.17, 15) is 8.42 Å². The number of sulfonamides is 1. The predicted molar refractivity (Wildman–Crippen MR) is 109 cm³/mol. The normalized spacial score (nSPS) is 15.8. The van der Waals surface area contributed by atoms with Crippen LogP contribution in [0.5, 0.6) is 0 Å². The third-order valence-corrected chi connectivity index (χ3v) is 5.38. The van der Waals surface area contributed by atoms with Gasteiger partial charge in [0.15, 0.2) is 5.96 Å². The first-order valence-electron chi connectivity index (χ1n) is 9.48. The quantitative estimate of drug-likeness (QED) is 0.349. The molecule has 0 amide bonds. The Kier molecular flexibility index (Phi) is 8.22. The molecule has 0 aromatic heterocycles. The predicted octanol–water partition coefficient (Wildman–Crippen LogP) is 3.08. The van der Waals surface area contributed by atoms with Crippen LogP contribution in [0.4, 0.5) is 5.69 Å². The van der Waals surface area contributed by atoms with Gasteiger partial charge in [-0.05, 0) is 24.0 Å². The second-order valence-corrected chi connectivity index (χ2v) is 8.78. The van der Waals surface area contributed by atoms with E-state index in [1.807, 2.05) is 18.2 Å². The summed E-state index contributed by atoms with van der Waals surface area (Å²) < 4.78 is 25.5. The molecule has 0 unspecified atom stereocenters. The molecule has 0 heterocycles. The molecule has 7 heteroatoms. The van der Waals surface area contributed by atoms with Crippen LogP contribution in [-0.4, -0.2) is 34.2 Å². The summed E-state index contributed by atoms with van der Waals surface area (Å²) in [7, 11) is -1.55. The molecule has 6 nitrogen and oxygen atoms in total. The number of para-hydroxylation sites is 1. The molecular weight excluding hydrogens is 348 g/mol. The number of benzene rings is 1. The number of unbranched alkanes of at least 4 members (excludes halogenated alkanes) is 1. The van der Waals surface area contributed by atoms with Crippen molar-refractivity contribution < 1.29 is 8.42 Å². The van der Waals surface area contributed by atoms with Crippen LogP contribution in [0.25, 0.3) is 0 Å². The first-order chi connectivity index (χ1) is 12.5. The molecule has 1 aliphatic carbocycles. The van der Waals surface area contributed by atoms with Crippen LogP contribution in [0.3, 0.4) is 0 Å². The van der Waals surface area contributed by atoms with Crippen LogP contribution in [0, 0.1) is 5.92 Å². The molecular formula is C19H32N4O2S. The van der Waals surface area contributed by atoms with Crippen molar-refractivity contribution >= 4 is 21.7 Å². The highest BCUT2D eigenvalue weighted by Crippen LogP contribution is 2.28. The highest BCUT2D eigenvalue weighted by Gasteiger charge is 2.14. The summed E-state index contributed by atoms with van der Waals surface area (Å²) in [4.78, 5) is 4.24. The molecule has 1 aromatic carbocycles. The molecule has 0 radical (unpaired) electrons. The number of hydrogen-bond acceptors (Lipinski definition) is 3. The van der Waals surface area contributed by atoms with Gasteiger partial charge in [0.1, 0.15) is 0 Å². The lowest BCUT2D eigenvalue weighted by molar-refractivity contribution is 0.472. The Labute approximate surface area is 157 Å². The zero-order valence-electron chi connectivity index (χ0n) is 15.9. The molecule has 1 aliphatic rings. The number of nitrogens with one attached hydrogen (secondary N) is 3. The lowest BCUT2D eigenvalue weighted by Gasteiger charge is -2.15. The van der Waals surface area contributed by atoms with E-state index in [1.54, 1.807) is 13.1 Å². The van der Waals surface area contributed by atoms with Gasteiger partial charge in [-0.1, -0.05) is 56.7 Å². The van der Waals surface area contributed by atoms with Crippen LogP contribution < -0.4 is 15.4 Å². The second kappa shape index (κ2) is 10.4. The minimum absolute atomic E-state index is 0.500. The lowest BCUT2D eigenvalue weighted by Crippen LogP contribution is -2.37. The molecule has 0 atom stereocenters. The van der Waals surface area contributed by atoms with Crippen molar-refractivity contribution in [3.05, 3.63) is 29.8 Å². The van der Waals surface area contributed by atoms with E-state index in [1.165, 1.54) is 38.5 Å². The fraction of sp³-hybridized carbons (Fsp3) is 0.632. The van der Waals surface area contributed by atoms with Crippen LogP contribution in [0.2, 0.25) is 0 Å². The summed E-state index contributed by atoms with van der Waals surface area (Å²) in [5.74, 6) is 1.69. The molecule has 1 aromatic rings. The number of aliphatic imine (C=N–C) groups is 1. The summed E-state index contributed by atoms with van der Waals surface area (Å²) >= 11 is 0. The van der Waals surface area contributed by atoms with Gasteiger partial charge in [-0.2, -0.15) is 0 Å². The summed E-state index contributed by atoms with van der Waals surface area (Å²) in [5, 5.41) is 6.58. The Morgan fingerprint density at radius 3 is 2.58 bits per heavy atom. The van der Waals surface area contributed by atoms with Crippen LogP contribution in [-0.2, 0) is 16.6 Å². The van der Waals surface area contributed by atoms with E-state index >= 15 is 0 Å². The van der Waals surface area contributed by atoms with Crippen LogP contribution in [0.1, 0.15) is 50.5 Å². The molecule has 0 aliphatic heterocycles. The zero-order chi connectivity index (χ0) is 18.8. The third-order valence-electron chi connectivity index (χ3n) is 4.79. The summed E-state index contributed by atoms with van der Waals surface area (Å²) in [6, 6.07) is 7.37. The van der Waals surface area contributed by atoms with Gasteiger partial charge in [-0.25, -0.2) is 8.42 Å². The molecule has 1 saturated carbocycles. The largest absolute Gasteiger partial charge is 0.356 e. The van der Waals surface area contributed by atoms with Crippen molar-refractivity contribution in [1.82, 2.24) is 10.6 Å². The summed E-state index contributed by atoms with van der Waals surface area (Å²) in [6.07, 6.45) is 10.6. The van der Waals surface area contributed by atoms with E-state index in [2.05, 4.69) is 20.3 Å². The molecule has 0 bridgehead atoms. The highest BCUT2D eigenvalue weighted by molar-refractivity contribution is 7.92. The Balaban J connectivity index is 1.73. The monoisotopic (exact) mass is 380 g/mol. The van der Waals surface area contributed by atoms with Crippen molar-refractivity contribution in [3.8, 4) is 0 Å². The number of rotatable bonds is 9. The Hall–Kier alpha value is -1.76. The maximum atomic E-state index is 11.5. The molecule has 2 rings (SSSR count). The van der Waals surface area contributed by atoms with Gasteiger partial charge in [0.2, 0.25) is 10.0 Å². The number of guanidine groups is 1. The van der Waals surface area contributed by atoms with Crippen LogP contribution in [0.15, 0.2) is 29.3 Å². The van der Waals surface area contributed by atoms with Crippen molar-refractivity contribution in [1.29, 1.82) is 0 Å². The Bertz CT molecular complexity index is 683. The van der Waals surface area contributed by atoms with Gasteiger partial charge in [-0.15, -0.1) is 0 Å². The van der Waals surface area contributed by atoms with E-state index < -0.39 is 10.0 Å². The minimum atomic E-state index is -3.30. The first kappa shape index (κ1) is 20.6. The van der Waals surface area contributed by atoms with Crippen molar-refractivity contribution in [2.24, 2.45) is 10.9 Å². The maximum absolute atomic E-state index is 11.5. The van der Waals surface area contributed by atoms with Crippen molar-refractivity contribution in [2.45, 2.75) is 51.5 Å². The Morgan fingerprint density at radius 1 is 1.15 bits per heavy atom. The number of nitrogens with zero attached hydrogens (tertiary/aromatic N) is 1. The van der Waals surface area contributed by atoms with Gasteiger partial charge < -0.3 is 10.6 Å².